The van der Waals surface area contributed by atoms with Crippen molar-refractivity contribution in [3.63, 3.8) is 0 Å². The molecule has 1 aromatic rings. The molecule has 0 saturated carbocycles. The van der Waals surface area contributed by atoms with Crippen molar-refractivity contribution in [2.24, 2.45) is 0 Å². The number of ether oxygens (including phenoxy) is 2. The highest BCUT2D eigenvalue weighted by molar-refractivity contribution is 6.21. The Morgan fingerprint density at radius 3 is 2.21 bits per heavy atom. The fraction of sp³-hybridized carbons (Fsp3) is 0.286. The van der Waals surface area contributed by atoms with Gasteiger partial charge in [-0.15, -0.1) is 0 Å². The molecule has 0 saturated heterocycles. The molecule has 0 atom stereocenters. The number of carbonyl (C=O) groups is 2. The summed E-state index contributed by atoms with van der Waals surface area (Å²) in [6.07, 6.45) is 0. The lowest BCUT2D eigenvalue weighted by atomic mass is 10.1. The first-order chi connectivity index (χ1) is 9.01. The van der Waals surface area contributed by atoms with E-state index in [1.165, 1.54) is 14.0 Å². The first kappa shape index (κ1) is 14.8. The van der Waals surface area contributed by atoms with Crippen molar-refractivity contribution in [1.82, 2.24) is 0 Å². The first-order valence-electron chi connectivity index (χ1n) is 5.77. The first-order valence-corrected chi connectivity index (χ1v) is 5.77. The van der Waals surface area contributed by atoms with Gasteiger partial charge in [-0.2, -0.15) is 0 Å². The van der Waals surface area contributed by atoms with Crippen LogP contribution in [0.2, 0.25) is 0 Å². The van der Waals surface area contributed by atoms with E-state index < -0.39 is 17.5 Å². The van der Waals surface area contributed by atoms with E-state index in [9.17, 15) is 14.7 Å². The molecule has 0 aliphatic heterocycles. The van der Waals surface area contributed by atoms with Crippen LogP contribution in [0.3, 0.4) is 0 Å². The summed E-state index contributed by atoms with van der Waals surface area (Å²) in [5, 5.41) is 10.0. The van der Waals surface area contributed by atoms with E-state index in [-0.39, 0.29) is 12.2 Å². The van der Waals surface area contributed by atoms with Crippen molar-refractivity contribution >= 4 is 17.5 Å². The molecule has 0 unspecified atom stereocenters. The van der Waals surface area contributed by atoms with Crippen LogP contribution in [-0.4, -0.2) is 30.6 Å². The lowest BCUT2D eigenvalue weighted by Gasteiger charge is -2.08. The second-order valence-electron chi connectivity index (χ2n) is 3.73. The van der Waals surface area contributed by atoms with E-state index in [1.807, 2.05) is 0 Å². The molecule has 0 heterocycles. The van der Waals surface area contributed by atoms with E-state index >= 15 is 0 Å². The lowest BCUT2D eigenvalue weighted by Crippen LogP contribution is -2.16. The summed E-state index contributed by atoms with van der Waals surface area (Å²) in [6, 6.07) is 6.34. The smallest absolute Gasteiger partial charge is 0.345 e. The average molecular weight is 264 g/mol. The minimum absolute atomic E-state index is 0.130. The van der Waals surface area contributed by atoms with Crippen molar-refractivity contribution in [3.05, 3.63) is 35.4 Å². The largest absolute Gasteiger partial charge is 0.506 e. The minimum atomic E-state index is -0.830. The van der Waals surface area contributed by atoms with Crippen molar-refractivity contribution in [1.29, 1.82) is 0 Å². The van der Waals surface area contributed by atoms with Gasteiger partial charge in [-0.05, 0) is 38.1 Å². The maximum absolute atomic E-state index is 11.6. The van der Waals surface area contributed by atoms with Crippen LogP contribution in [0.15, 0.2) is 29.8 Å². The summed E-state index contributed by atoms with van der Waals surface area (Å²) >= 11 is 0. The SMILES string of the molecule is CCOC(=O)/C(C(C)=O)=C(\O)c1ccc(OC)cc1. The fourth-order valence-electron chi connectivity index (χ4n) is 1.50. The van der Waals surface area contributed by atoms with Gasteiger partial charge in [-0.1, -0.05) is 0 Å². The van der Waals surface area contributed by atoms with Gasteiger partial charge in [0.15, 0.2) is 5.78 Å². The van der Waals surface area contributed by atoms with Crippen LogP contribution in [0.4, 0.5) is 0 Å². The highest BCUT2D eigenvalue weighted by Gasteiger charge is 2.22. The average Bonchev–Trinajstić information content (AvgIpc) is 2.38. The number of rotatable bonds is 5. The van der Waals surface area contributed by atoms with Crippen LogP contribution in [0.1, 0.15) is 19.4 Å². The Hall–Kier alpha value is -2.30. The number of aliphatic hydroxyl groups excluding tert-OH is 1. The summed E-state index contributed by atoms with van der Waals surface area (Å²) in [4.78, 5) is 23.1. The molecular weight excluding hydrogens is 248 g/mol. The zero-order valence-corrected chi connectivity index (χ0v) is 11.1. The number of aliphatic hydroxyl groups is 1. The van der Waals surface area contributed by atoms with Crippen molar-refractivity contribution < 1.29 is 24.2 Å². The predicted molar refractivity (Wildman–Crippen MR) is 69.9 cm³/mol. The van der Waals surface area contributed by atoms with Gasteiger partial charge >= 0.3 is 5.97 Å². The summed E-state index contributed by atoms with van der Waals surface area (Å²) in [7, 11) is 1.52. The Bertz CT molecular complexity index is 499. The molecule has 1 N–H and O–H groups in total. The molecular formula is C14H16O5. The van der Waals surface area contributed by atoms with Crippen LogP contribution in [0.25, 0.3) is 5.76 Å². The van der Waals surface area contributed by atoms with E-state index in [4.69, 9.17) is 9.47 Å². The van der Waals surface area contributed by atoms with Gasteiger partial charge in [-0.3, -0.25) is 4.79 Å². The molecule has 5 heteroatoms. The molecule has 1 aromatic carbocycles. The predicted octanol–water partition coefficient (Wildman–Crippen LogP) is 2.12. The van der Waals surface area contributed by atoms with Gasteiger partial charge in [0.2, 0.25) is 0 Å². The summed E-state index contributed by atoms with van der Waals surface area (Å²) < 4.78 is 9.74. The molecule has 5 nitrogen and oxygen atoms in total. The van der Waals surface area contributed by atoms with Crippen LogP contribution >= 0.6 is 0 Å². The Balaban J connectivity index is 3.20. The molecule has 0 bridgehead atoms. The number of methoxy groups -OCH3 is 1. The minimum Gasteiger partial charge on any atom is -0.506 e. The van der Waals surface area contributed by atoms with Gasteiger partial charge in [0.05, 0.1) is 13.7 Å². The molecule has 0 aromatic heterocycles. The summed E-state index contributed by atoms with van der Waals surface area (Å²) in [6.45, 7) is 2.96. The standard InChI is InChI=1S/C14H16O5/c1-4-19-14(17)12(9(2)15)13(16)10-5-7-11(18-3)8-6-10/h5-8,16H,4H2,1-3H3/b13-12-. The lowest BCUT2D eigenvalue weighted by molar-refractivity contribution is -0.139. The van der Waals surface area contributed by atoms with E-state index in [2.05, 4.69) is 0 Å². The molecule has 1 rings (SSSR count). The molecule has 0 amide bonds. The van der Waals surface area contributed by atoms with E-state index in [0.29, 0.717) is 11.3 Å². The van der Waals surface area contributed by atoms with Crippen molar-refractivity contribution in [2.75, 3.05) is 13.7 Å². The van der Waals surface area contributed by atoms with Gasteiger partial charge in [-0.25, -0.2) is 4.79 Å². The molecule has 0 fully saturated rings. The maximum Gasteiger partial charge on any atom is 0.345 e. The number of hydrogen-bond acceptors (Lipinski definition) is 5. The number of benzene rings is 1. The third-order valence-electron chi connectivity index (χ3n) is 2.43. The number of ketones is 1. The van der Waals surface area contributed by atoms with Gasteiger partial charge < -0.3 is 14.6 Å². The number of carbonyl (C=O) groups excluding carboxylic acids is 2. The Morgan fingerprint density at radius 2 is 1.79 bits per heavy atom. The maximum atomic E-state index is 11.6. The topological polar surface area (TPSA) is 72.8 Å². The molecule has 0 aliphatic rings. The second-order valence-corrected chi connectivity index (χ2v) is 3.73. The molecule has 0 spiro atoms. The van der Waals surface area contributed by atoms with Crippen LogP contribution < -0.4 is 4.74 Å². The Kier molecular flexibility index (Phi) is 5.11. The van der Waals surface area contributed by atoms with Crippen LogP contribution in [-0.2, 0) is 14.3 Å². The van der Waals surface area contributed by atoms with Crippen molar-refractivity contribution in [2.45, 2.75) is 13.8 Å². The fourth-order valence-corrected chi connectivity index (χ4v) is 1.50. The van der Waals surface area contributed by atoms with Crippen LogP contribution in [0, 0.1) is 0 Å². The third-order valence-corrected chi connectivity index (χ3v) is 2.43. The molecule has 102 valence electrons. The van der Waals surface area contributed by atoms with E-state index in [1.54, 1.807) is 31.2 Å². The van der Waals surface area contributed by atoms with Gasteiger partial charge in [0, 0.05) is 5.56 Å². The summed E-state index contributed by atoms with van der Waals surface area (Å²) in [5.74, 6) is -1.17. The number of esters is 1. The molecule has 0 aliphatic carbocycles. The highest BCUT2D eigenvalue weighted by Crippen LogP contribution is 2.20. The van der Waals surface area contributed by atoms with Crippen molar-refractivity contribution in [3.8, 4) is 5.75 Å². The highest BCUT2D eigenvalue weighted by atomic mass is 16.5. The zero-order valence-electron chi connectivity index (χ0n) is 11.1. The Morgan fingerprint density at radius 1 is 1.21 bits per heavy atom. The second kappa shape index (κ2) is 6.58. The zero-order chi connectivity index (χ0) is 14.4. The molecule has 19 heavy (non-hydrogen) atoms. The van der Waals surface area contributed by atoms with Gasteiger partial charge in [0.1, 0.15) is 17.1 Å². The molecule has 0 radical (unpaired) electrons. The van der Waals surface area contributed by atoms with E-state index in [0.717, 1.165) is 0 Å². The number of Topliss-reactive ketones (excluding diaryl/α,β-unsaturated/α-hetero) is 1. The normalized spacial score (nSPS) is 11.5. The quantitative estimate of drug-likeness (QED) is 0.290. The van der Waals surface area contributed by atoms with Crippen LogP contribution in [0.5, 0.6) is 5.75 Å². The monoisotopic (exact) mass is 264 g/mol. The Labute approximate surface area is 111 Å². The number of hydrogen-bond donors (Lipinski definition) is 1. The van der Waals surface area contributed by atoms with Gasteiger partial charge in [0.25, 0.3) is 0 Å². The third kappa shape index (κ3) is 3.58. The summed E-state index contributed by atoms with van der Waals surface area (Å²) in [5.41, 5.74) is -0.00827.